The SMILES string of the molecule is C/C(=C\C(=N/NC=O)c1cccc(F)c1F)Cn1cnc(C(F)(F)F)c(Oc2cc(Cl)cc(C#N)c2)c1=O. The van der Waals surface area contributed by atoms with E-state index in [-0.39, 0.29) is 46.1 Å². The van der Waals surface area contributed by atoms with E-state index < -0.39 is 34.8 Å². The van der Waals surface area contributed by atoms with Gasteiger partial charge in [-0.2, -0.15) is 23.5 Å². The number of benzene rings is 2. The van der Waals surface area contributed by atoms with E-state index in [9.17, 15) is 31.5 Å². The van der Waals surface area contributed by atoms with Crippen molar-refractivity contribution in [2.24, 2.45) is 5.10 Å². The monoisotopic (exact) mass is 551 g/mol. The molecule has 0 aliphatic rings. The van der Waals surface area contributed by atoms with E-state index in [1.807, 2.05) is 5.43 Å². The highest BCUT2D eigenvalue weighted by Crippen LogP contribution is 2.35. The number of halogens is 6. The number of hydrazone groups is 1. The smallest absolute Gasteiger partial charge is 0.437 e. The van der Waals surface area contributed by atoms with Crippen molar-refractivity contribution in [1.82, 2.24) is 15.0 Å². The lowest BCUT2D eigenvalue weighted by Crippen LogP contribution is -2.26. The fourth-order valence-corrected chi connectivity index (χ4v) is 3.42. The summed E-state index contributed by atoms with van der Waals surface area (Å²) in [6.07, 6.45) is -3.06. The standard InChI is InChI=1S/C24H15ClF5N5O3/c1-13(5-19(34-33-12-36)17-3-2-4-18(26)20(17)27)10-35-11-32-22(24(28,29)30)21(23(35)37)38-16-7-14(9-31)6-15(25)8-16/h2-8,11-12H,10H2,1H3,(H,33,36)/b13-5+,34-19+. The van der Waals surface area contributed by atoms with Gasteiger partial charge in [0, 0.05) is 17.1 Å². The molecule has 0 saturated heterocycles. The van der Waals surface area contributed by atoms with Gasteiger partial charge in [-0.15, -0.1) is 0 Å². The molecule has 1 aromatic heterocycles. The molecular weight excluding hydrogens is 537 g/mol. The summed E-state index contributed by atoms with van der Waals surface area (Å²) in [5.41, 5.74) is -1.25. The van der Waals surface area contributed by atoms with Crippen LogP contribution in [0.25, 0.3) is 0 Å². The van der Waals surface area contributed by atoms with Crippen molar-refractivity contribution in [3.8, 4) is 17.6 Å². The number of nitrogens with one attached hydrogen (secondary N) is 1. The Morgan fingerprint density at radius 1 is 1.29 bits per heavy atom. The summed E-state index contributed by atoms with van der Waals surface area (Å²) < 4.78 is 74.8. The second-order valence-electron chi connectivity index (χ2n) is 7.58. The molecule has 3 rings (SSSR count). The van der Waals surface area contributed by atoms with E-state index in [1.165, 1.54) is 31.2 Å². The Labute approximate surface area is 216 Å². The number of alkyl halides is 3. The lowest BCUT2D eigenvalue weighted by atomic mass is 10.1. The summed E-state index contributed by atoms with van der Waals surface area (Å²) in [5.74, 6) is -3.92. The molecule has 0 radical (unpaired) electrons. The van der Waals surface area contributed by atoms with Gasteiger partial charge in [-0.3, -0.25) is 14.2 Å². The minimum Gasteiger partial charge on any atom is -0.449 e. The number of nitrogens with zero attached hydrogens (tertiary/aromatic N) is 4. The fourth-order valence-electron chi connectivity index (χ4n) is 3.20. The third-order valence-corrected chi connectivity index (χ3v) is 4.97. The van der Waals surface area contributed by atoms with Crippen LogP contribution in [0.2, 0.25) is 5.02 Å². The summed E-state index contributed by atoms with van der Waals surface area (Å²) >= 11 is 5.87. The summed E-state index contributed by atoms with van der Waals surface area (Å²) in [7, 11) is 0. The second kappa shape index (κ2) is 11.7. The van der Waals surface area contributed by atoms with Crippen LogP contribution < -0.4 is 15.7 Å². The molecule has 1 N–H and O–H groups in total. The third-order valence-electron chi connectivity index (χ3n) is 4.75. The predicted octanol–water partition coefficient (Wildman–Crippen LogP) is 4.95. The van der Waals surface area contributed by atoms with Crippen LogP contribution in [-0.4, -0.2) is 21.7 Å². The fraction of sp³-hybridized carbons (Fsp3) is 0.125. The van der Waals surface area contributed by atoms with Crippen LogP contribution in [0.4, 0.5) is 22.0 Å². The molecule has 196 valence electrons. The van der Waals surface area contributed by atoms with E-state index in [1.54, 1.807) is 6.07 Å². The highest BCUT2D eigenvalue weighted by atomic mass is 35.5. The van der Waals surface area contributed by atoms with Crippen molar-refractivity contribution in [2.45, 2.75) is 19.6 Å². The van der Waals surface area contributed by atoms with Gasteiger partial charge in [0.1, 0.15) is 5.75 Å². The zero-order valence-corrected chi connectivity index (χ0v) is 19.9. The molecule has 14 heteroatoms. The topological polar surface area (TPSA) is 109 Å². The third kappa shape index (κ3) is 6.60. The van der Waals surface area contributed by atoms with Crippen molar-refractivity contribution in [2.75, 3.05) is 0 Å². The quantitative estimate of drug-likeness (QED) is 0.184. The van der Waals surface area contributed by atoms with Gasteiger partial charge in [-0.05, 0) is 43.3 Å². The molecule has 0 unspecified atom stereocenters. The lowest BCUT2D eigenvalue weighted by molar-refractivity contribution is -0.142. The number of hydrogen-bond donors (Lipinski definition) is 1. The van der Waals surface area contributed by atoms with E-state index >= 15 is 0 Å². The molecular formula is C24H15ClF5N5O3. The van der Waals surface area contributed by atoms with Gasteiger partial charge in [-0.1, -0.05) is 23.2 Å². The molecule has 2 aromatic carbocycles. The van der Waals surface area contributed by atoms with Gasteiger partial charge in [0.15, 0.2) is 17.3 Å². The van der Waals surface area contributed by atoms with Crippen LogP contribution >= 0.6 is 11.6 Å². The van der Waals surface area contributed by atoms with Gasteiger partial charge in [-0.25, -0.2) is 19.2 Å². The minimum absolute atomic E-state index is 0.0177. The molecule has 0 aliphatic carbocycles. The first-order chi connectivity index (χ1) is 17.9. The van der Waals surface area contributed by atoms with Crippen molar-refractivity contribution < 1.29 is 31.5 Å². The Hall–Kier alpha value is -4.57. The molecule has 0 spiro atoms. The van der Waals surface area contributed by atoms with E-state index in [4.69, 9.17) is 21.6 Å². The van der Waals surface area contributed by atoms with Crippen LogP contribution in [0.5, 0.6) is 11.5 Å². The number of carbonyl (C=O) groups is 1. The Morgan fingerprint density at radius 2 is 2.03 bits per heavy atom. The molecule has 0 aliphatic heterocycles. The van der Waals surface area contributed by atoms with Crippen LogP contribution in [0, 0.1) is 23.0 Å². The Balaban J connectivity index is 2.06. The van der Waals surface area contributed by atoms with E-state index in [0.29, 0.717) is 6.33 Å². The number of aromatic nitrogens is 2. The zero-order chi connectivity index (χ0) is 28.0. The number of hydrogen-bond acceptors (Lipinski definition) is 6. The van der Waals surface area contributed by atoms with Gasteiger partial charge >= 0.3 is 6.18 Å². The summed E-state index contributed by atoms with van der Waals surface area (Å²) in [6.45, 7) is 1.05. The Kier molecular flexibility index (Phi) is 8.59. The molecule has 1 heterocycles. The highest BCUT2D eigenvalue weighted by Gasteiger charge is 2.38. The highest BCUT2D eigenvalue weighted by molar-refractivity contribution is 6.30. The van der Waals surface area contributed by atoms with Gasteiger partial charge in [0.25, 0.3) is 5.56 Å². The molecule has 0 saturated carbocycles. The Bertz CT molecular complexity index is 1540. The maximum Gasteiger partial charge on any atom is 0.437 e. The molecule has 1 amide bonds. The minimum atomic E-state index is -5.07. The van der Waals surface area contributed by atoms with Crippen molar-refractivity contribution in [3.63, 3.8) is 0 Å². The van der Waals surface area contributed by atoms with Gasteiger partial charge < -0.3 is 4.74 Å². The number of nitriles is 1. The first kappa shape index (κ1) is 28.0. The van der Waals surface area contributed by atoms with Crippen LogP contribution in [0.1, 0.15) is 23.7 Å². The lowest BCUT2D eigenvalue weighted by Gasteiger charge is -2.15. The van der Waals surface area contributed by atoms with Crippen molar-refractivity contribution >= 4 is 23.7 Å². The largest absolute Gasteiger partial charge is 0.449 e. The van der Waals surface area contributed by atoms with Crippen LogP contribution in [-0.2, 0) is 17.5 Å². The van der Waals surface area contributed by atoms with Crippen molar-refractivity contribution in [1.29, 1.82) is 5.26 Å². The second-order valence-corrected chi connectivity index (χ2v) is 8.02. The van der Waals surface area contributed by atoms with E-state index in [0.717, 1.165) is 22.8 Å². The predicted molar refractivity (Wildman–Crippen MR) is 126 cm³/mol. The molecule has 3 aromatic rings. The first-order valence-corrected chi connectivity index (χ1v) is 10.8. The number of carbonyl (C=O) groups excluding carboxylic acids is 1. The number of amides is 1. The summed E-state index contributed by atoms with van der Waals surface area (Å²) in [6, 6.07) is 8.47. The summed E-state index contributed by atoms with van der Waals surface area (Å²) in [5, 5.41) is 12.7. The molecule has 8 nitrogen and oxygen atoms in total. The maximum absolute atomic E-state index is 14.3. The van der Waals surface area contributed by atoms with Crippen molar-refractivity contribution in [3.05, 3.63) is 98.2 Å². The first-order valence-electron chi connectivity index (χ1n) is 10.4. The van der Waals surface area contributed by atoms with Crippen LogP contribution in [0.3, 0.4) is 0 Å². The summed E-state index contributed by atoms with van der Waals surface area (Å²) in [4.78, 5) is 27.0. The average Bonchev–Trinajstić information content (AvgIpc) is 2.85. The van der Waals surface area contributed by atoms with Gasteiger partial charge in [0.05, 0.1) is 23.7 Å². The van der Waals surface area contributed by atoms with Crippen LogP contribution in [0.15, 0.2) is 64.3 Å². The average molecular weight is 552 g/mol. The molecule has 0 bridgehead atoms. The number of allylic oxidation sites excluding steroid dienone is 2. The zero-order valence-electron chi connectivity index (χ0n) is 19.2. The van der Waals surface area contributed by atoms with E-state index in [2.05, 4.69) is 10.1 Å². The normalized spacial score (nSPS) is 12.2. The molecule has 0 fully saturated rings. The number of ether oxygens (including phenoxy) is 1. The number of rotatable bonds is 8. The maximum atomic E-state index is 14.3. The van der Waals surface area contributed by atoms with Gasteiger partial charge in [0.2, 0.25) is 12.2 Å². The molecule has 38 heavy (non-hydrogen) atoms. The molecule has 0 atom stereocenters. The Morgan fingerprint density at radius 3 is 2.68 bits per heavy atom.